The zero-order valence-corrected chi connectivity index (χ0v) is 22.3. The van der Waals surface area contributed by atoms with E-state index in [0.29, 0.717) is 29.8 Å². The number of fused-ring (bicyclic) bond motifs is 2. The van der Waals surface area contributed by atoms with E-state index >= 15 is 0 Å². The summed E-state index contributed by atoms with van der Waals surface area (Å²) in [5.41, 5.74) is 6.27. The van der Waals surface area contributed by atoms with Gasteiger partial charge in [-0.15, -0.1) is 0 Å². The molecule has 38 heavy (non-hydrogen) atoms. The summed E-state index contributed by atoms with van der Waals surface area (Å²) in [5, 5.41) is 0. The molecule has 0 N–H and O–H groups in total. The molecule has 4 heteroatoms. The number of benzene rings is 3. The third kappa shape index (κ3) is 3.91. The van der Waals surface area contributed by atoms with E-state index in [9.17, 15) is 9.18 Å². The lowest BCUT2D eigenvalue weighted by Gasteiger charge is -2.37. The third-order valence-corrected chi connectivity index (χ3v) is 10.5. The van der Waals surface area contributed by atoms with Crippen LogP contribution in [0.5, 0.6) is 0 Å². The lowest BCUT2D eigenvalue weighted by molar-refractivity contribution is -0.138. The maximum Gasteiger partial charge on any atom is 0.229 e. The predicted octanol–water partition coefficient (Wildman–Crippen LogP) is 6.81. The molecule has 1 spiro atoms. The van der Waals surface area contributed by atoms with E-state index in [1.165, 1.54) is 27.8 Å². The van der Waals surface area contributed by atoms with Gasteiger partial charge in [-0.25, -0.2) is 4.39 Å². The van der Waals surface area contributed by atoms with Gasteiger partial charge in [0.05, 0.1) is 5.41 Å². The predicted molar refractivity (Wildman–Crippen MR) is 149 cm³/mol. The highest BCUT2D eigenvalue weighted by Gasteiger charge is 2.60. The van der Waals surface area contributed by atoms with E-state index in [1.807, 2.05) is 12.1 Å². The van der Waals surface area contributed by atoms with Crippen LogP contribution in [0.3, 0.4) is 0 Å². The molecule has 3 aliphatic heterocycles. The Balaban J connectivity index is 1.05. The molecular formula is C34H37FN2O. The molecule has 196 valence electrons. The molecule has 7 rings (SSSR count). The number of halogens is 1. The fourth-order valence-corrected chi connectivity index (χ4v) is 8.24. The van der Waals surface area contributed by atoms with Crippen molar-refractivity contribution in [3.63, 3.8) is 0 Å². The van der Waals surface area contributed by atoms with Crippen LogP contribution in [0.4, 0.5) is 4.39 Å². The molecule has 3 heterocycles. The second-order valence-electron chi connectivity index (χ2n) is 12.3. The summed E-state index contributed by atoms with van der Waals surface area (Å²) in [4.78, 5) is 19.0. The molecule has 3 nitrogen and oxygen atoms in total. The van der Waals surface area contributed by atoms with Crippen molar-refractivity contribution in [3.05, 3.63) is 95.3 Å². The number of amides is 1. The molecule has 1 aliphatic carbocycles. The second kappa shape index (κ2) is 9.34. The Labute approximate surface area is 225 Å². The first kappa shape index (κ1) is 24.1. The summed E-state index contributed by atoms with van der Waals surface area (Å²) in [5.74, 6) is 1.16. The molecular weight excluding hydrogens is 471 g/mol. The monoisotopic (exact) mass is 508 g/mol. The summed E-state index contributed by atoms with van der Waals surface area (Å²) in [6.45, 7) is 5.26. The molecule has 2 saturated heterocycles. The molecule has 4 aliphatic rings. The van der Waals surface area contributed by atoms with Crippen LogP contribution in [0.25, 0.3) is 11.1 Å². The zero-order valence-electron chi connectivity index (χ0n) is 22.3. The number of likely N-dealkylation sites (tertiary alicyclic amines) is 1. The van der Waals surface area contributed by atoms with E-state index in [0.717, 1.165) is 58.2 Å². The van der Waals surface area contributed by atoms with Crippen molar-refractivity contribution in [2.24, 2.45) is 11.3 Å². The van der Waals surface area contributed by atoms with Gasteiger partial charge in [-0.1, -0.05) is 61.5 Å². The molecule has 4 atom stereocenters. The Morgan fingerprint density at radius 3 is 2.39 bits per heavy atom. The summed E-state index contributed by atoms with van der Waals surface area (Å²) in [6, 6.07) is 25.3. The van der Waals surface area contributed by atoms with Crippen molar-refractivity contribution >= 4 is 5.91 Å². The fraction of sp³-hybridized carbons (Fsp3) is 0.441. The Morgan fingerprint density at radius 1 is 0.868 bits per heavy atom. The molecule has 1 amide bonds. The van der Waals surface area contributed by atoms with Gasteiger partial charge in [0.1, 0.15) is 5.82 Å². The maximum absolute atomic E-state index is 14.1. The van der Waals surface area contributed by atoms with Crippen molar-refractivity contribution in [2.45, 2.75) is 70.0 Å². The Hall–Kier alpha value is -2.98. The van der Waals surface area contributed by atoms with Gasteiger partial charge in [0.15, 0.2) is 0 Å². The largest absolute Gasteiger partial charge is 0.334 e. The van der Waals surface area contributed by atoms with Crippen LogP contribution in [0.2, 0.25) is 0 Å². The summed E-state index contributed by atoms with van der Waals surface area (Å²) in [6.07, 6.45) is 6.37. The van der Waals surface area contributed by atoms with Gasteiger partial charge in [0.25, 0.3) is 0 Å². The van der Waals surface area contributed by atoms with E-state index in [4.69, 9.17) is 0 Å². The highest BCUT2D eigenvalue weighted by Crippen LogP contribution is 2.55. The minimum absolute atomic E-state index is 0.158. The SMILES string of the molecule is CC1C2Cc3ccc(-c4ccccc4)cc3CN2C(=O)[C@]12CC[C@@H](N1CCC(c3ccc(F)cc3)CC1)C2. The molecule has 0 bridgehead atoms. The standard InChI is InChI=1S/C34H37FN2O/c1-23-32-20-28-8-7-27(24-5-3-2-4-6-24)19-29(28)22-37(32)33(38)34(23)16-13-31(21-34)36-17-14-26(15-18-36)25-9-11-30(35)12-10-25/h2-12,19,23,26,31-32H,13-18,20-22H2,1H3/t23?,31-,32?,34+/m1/s1. The van der Waals surface area contributed by atoms with Gasteiger partial charge in [-0.3, -0.25) is 4.79 Å². The smallest absolute Gasteiger partial charge is 0.229 e. The minimum Gasteiger partial charge on any atom is -0.334 e. The second-order valence-corrected chi connectivity index (χ2v) is 12.3. The highest BCUT2D eigenvalue weighted by atomic mass is 19.1. The average molecular weight is 509 g/mol. The van der Waals surface area contributed by atoms with E-state index in [1.54, 1.807) is 12.1 Å². The van der Waals surface area contributed by atoms with E-state index in [-0.39, 0.29) is 11.2 Å². The van der Waals surface area contributed by atoms with Gasteiger partial charge >= 0.3 is 0 Å². The average Bonchev–Trinajstić information content (AvgIpc) is 3.50. The molecule has 2 unspecified atom stereocenters. The molecule has 3 aromatic carbocycles. The van der Waals surface area contributed by atoms with Crippen molar-refractivity contribution in [2.75, 3.05) is 13.1 Å². The fourth-order valence-electron chi connectivity index (χ4n) is 8.24. The van der Waals surface area contributed by atoms with Crippen LogP contribution in [-0.4, -0.2) is 40.9 Å². The lowest BCUT2D eigenvalue weighted by atomic mass is 9.73. The number of rotatable bonds is 3. The van der Waals surface area contributed by atoms with Crippen LogP contribution in [0.15, 0.2) is 72.8 Å². The number of piperidine rings is 1. The molecule has 3 fully saturated rings. The Morgan fingerprint density at radius 2 is 1.63 bits per heavy atom. The number of hydrogen-bond acceptors (Lipinski definition) is 2. The van der Waals surface area contributed by atoms with Crippen LogP contribution in [0.1, 0.15) is 61.6 Å². The van der Waals surface area contributed by atoms with Crippen LogP contribution >= 0.6 is 0 Å². The van der Waals surface area contributed by atoms with Crippen molar-refractivity contribution in [1.29, 1.82) is 0 Å². The minimum atomic E-state index is -0.201. The van der Waals surface area contributed by atoms with Gasteiger partial charge in [0.2, 0.25) is 5.91 Å². The van der Waals surface area contributed by atoms with Crippen molar-refractivity contribution < 1.29 is 9.18 Å². The quantitative estimate of drug-likeness (QED) is 0.388. The summed E-state index contributed by atoms with van der Waals surface area (Å²) < 4.78 is 13.4. The van der Waals surface area contributed by atoms with Gasteiger partial charge in [-0.2, -0.15) is 0 Å². The van der Waals surface area contributed by atoms with Crippen LogP contribution < -0.4 is 0 Å². The van der Waals surface area contributed by atoms with Crippen LogP contribution in [-0.2, 0) is 17.8 Å². The van der Waals surface area contributed by atoms with E-state index < -0.39 is 0 Å². The zero-order chi connectivity index (χ0) is 25.9. The molecule has 3 aromatic rings. The molecule has 0 radical (unpaired) electrons. The highest BCUT2D eigenvalue weighted by molar-refractivity contribution is 5.87. The maximum atomic E-state index is 14.1. The Kier molecular flexibility index (Phi) is 5.92. The first-order valence-electron chi connectivity index (χ1n) is 14.5. The van der Waals surface area contributed by atoms with E-state index in [2.05, 4.69) is 65.3 Å². The Bertz CT molecular complexity index is 1330. The first-order chi connectivity index (χ1) is 18.5. The van der Waals surface area contributed by atoms with Crippen molar-refractivity contribution in [1.82, 2.24) is 9.80 Å². The third-order valence-electron chi connectivity index (χ3n) is 10.5. The topological polar surface area (TPSA) is 23.6 Å². The number of carbonyl (C=O) groups excluding carboxylic acids is 1. The summed E-state index contributed by atoms with van der Waals surface area (Å²) >= 11 is 0. The lowest BCUT2D eigenvalue weighted by Crippen LogP contribution is -2.42. The molecule has 1 saturated carbocycles. The molecule has 0 aromatic heterocycles. The van der Waals surface area contributed by atoms with Crippen LogP contribution in [0, 0.1) is 17.2 Å². The summed E-state index contributed by atoms with van der Waals surface area (Å²) in [7, 11) is 0. The number of carbonyl (C=O) groups is 1. The van der Waals surface area contributed by atoms with Gasteiger partial charge in [-0.05, 0) is 109 Å². The van der Waals surface area contributed by atoms with Gasteiger partial charge in [0, 0.05) is 18.6 Å². The normalized spacial score (nSPS) is 29.6. The van der Waals surface area contributed by atoms with Gasteiger partial charge < -0.3 is 9.80 Å². The van der Waals surface area contributed by atoms with Crippen molar-refractivity contribution in [3.8, 4) is 11.1 Å². The number of nitrogens with zero attached hydrogens (tertiary/aromatic N) is 2. The first-order valence-corrected chi connectivity index (χ1v) is 14.5. The number of hydrogen-bond donors (Lipinski definition) is 0.